The SMILES string of the molecule is CCCNCc1ccc(-c2ccc(Br)cc2Br)o1.Cl. The maximum Gasteiger partial charge on any atom is 0.135 e. The van der Waals surface area contributed by atoms with Gasteiger partial charge in [0.05, 0.1) is 6.54 Å². The van der Waals surface area contributed by atoms with E-state index >= 15 is 0 Å². The molecule has 0 unspecified atom stereocenters. The summed E-state index contributed by atoms with van der Waals surface area (Å²) in [5.41, 5.74) is 1.07. The molecule has 0 fully saturated rings. The van der Waals surface area contributed by atoms with Gasteiger partial charge in [0.25, 0.3) is 0 Å². The summed E-state index contributed by atoms with van der Waals surface area (Å²) in [6, 6.07) is 10.1. The van der Waals surface area contributed by atoms with Crippen LogP contribution in [0.2, 0.25) is 0 Å². The van der Waals surface area contributed by atoms with Crippen molar-refractivity contribution in [2.24, 2.45) is 0 Å². The molecule has 0 saturated heterocycles. The van der Waals surface area contributed by atoms with Crippen molar-refractivity contribution >= 4 is 44.3 Å². The molecule has 0 aliphatic rings. The van der Waals surface area contributed by atoms with Crippen LogP contribution in [0.25, 0.3) is 11.3 Å². The van der Waals surface area contributed by atoms with E-state index in [0.29, 0.717) is 0 Å². The van der Waals surface area contributed by atoms with Crippen LogP contribution in [-0.2, 0) is 6.54 Å². The van der Waals surface area contributed by atoms with E-state index in [2.05, 4.69) is 44.1 Å². The Kier molecular flexibility index (Phi) is 7.15. The number of furan rings is 1. The van der Waals surface area contributed by atoms with Crippen molar-refractivity contribution in [2.45, 2.75) is 19.9 Å². The molecule has 1 N–H and O–H groups in total. The van der Waals surface area contributed by atoms with E-state index in [4.69, 9.17) is 4.42 Å². The number of rotatable bonds is 5. The first-order valence-electron chi connectivity index (χ1n) is 5.95. The zero-order valence-electron chi connectivity index (χ0n) is 10.6. The lowest BCUT2D eigenvalue weighted by molar-refractivity contribution is 0.493. The van der Waals surface area contributed by atoms with Gasteiger partial charge in [-0.1, -0.05) is 22.9 Å². The van der Waals surface area contributed by atoms with Gasteiger partial charge in [-0.05, 0) is 59.2 Å². The molecular weight excluding hydrogens is 393 g/mol. The minimum atomic E-state index is 0. The molecular formula is C14H16Br2ClNO. The highest BCUT2D eigenvalue weighted by atomic mass is 79.9. The monoisotopic (exact) mass is 407 g/mol. The highest BCUT2D eigenvalue weighted by Crippen LogP contribution is 2.31. The van der Waals surface area contributed by atoms with Crippen molar-refractivity contribution in [1.82, 2.24) is 5.32 Å². The van der Waals surface area contributed by atoms with Crippen LogP contribution in [0, 0.1) is 0 Å². The molecule has 1 aromatic carbocycles. The highest BCUT2D eigenvalue weighted by molar-refractivity contribution is 9.11. The first-order valence-corrected chi connectivity index (χ1v) is 7.54. The van der Waals surface area contributed by atoms with Gasteiger partial charge in [0.2, 0.25) is 0 Å². The quantitative estimate of drug-likeness (QED) is 0.670. The zero-order valence-corrected chi connectivity index (χ0v) is 14.6. The van der Waals surface area contributed by atoms with Gasteiger partial charge < -0.3 is 9.73 Å². The normalized spacial score (nSPS) is 10.3. The van der Waals surface area contributed by atoms with Gasteiger partial charge >= 0.3 is 0 Å². The van der Waals surface area contributed by atoms with Gasteiger partial charge in [-0.25, -0.2) is 0 Å². The molecule has 0 amide bonds. The van der Waals surface area contributed by atoms with Crippen molar-refractivity contribution in [2.75, 3.05) is 6.54 Å². The van der Waals surface area contributed by atoms with E-state index in [0.717, 1.165) is 45.5 Å². The van der Waals surface area contributed by atoms with Crippen LogP contribution < -0.4 is 5.32 Å². The van der Waals surface area contributed by atoms with E-state index in [1.165, 1.54) is 0 Å². The van der Waals surface area contributed by atoms with Gasteiger partial charge in [0, 0.05) is 14.5 Å². The Morgan fingerprint density at radius 1 is 1.16 bits per heavy atom. The van der Waals surface area contributed by atoms with E-state index in [1.54, 1.807) is 0 Å². The second kappa shape index (κ2) is 8.10. The molecule has 0 spiro atoms. The molecule has 0 aliphatic carbocycles. The van der Waals surface area contributed by atoms with Crippen molar-refractivity contribution in [1.29, 1.82) is 0 Å². The lowest BCUT2D eigenvalue weighted by Crippen LogP contribution is -2.12. The van der Waals surface area contributed by atoms with Crippen LogP contribution in [0.1, 0.15) is 19.1 Å². The molecule has 2 aromatic rings. The Hall–Kier alpha value is -0.290. The predicted molar refractivity (Wildman–Crippen MR) is 88.8 cm³/mol. The van der Waals surface area contributed by atoms with E-state index in [9.17, 15) is 0 Å². The Labute approximate surface area is 136 Å². The van der Waals surface area contributed by atoms with Crippen molar-refractivity contribution in [3.05, 3.63) is 45.0 Å². The number of hydrogen-bond acceptors (Lipinski definition) is 2. The van der Waals surface area contributed by atoms with Gasteiger partial charge in [-0.2, -0.15) is 0 Å². The van der Waals surface area contributed by atoms with Crippen LogP contribution in [0.5, 0.6) is 0 Å². The van der Waals surface area contributed by atoms with Crippen molar-refractivity contribution in [3.8, 4) is 11.3 Å². The first-order chi connectivity index (χ1) is 8.70. The Balaban J connectivity index is 0.00000180. The fourth-order valence-electron chi connectivity index (χ4n) is 1.70. The van der Waals surface area contributed by atoms with Gasteiger partial charge in [-0.15, -0.1) is 12.4 Å². The molecule has 5 heteroatoms. The number of halogens is 3. The van der Waals surface area contributed by atoms with Gasteiger partial charge in [-0.3, -0.25) is 0 Å². The lowest BCUT2D eigenvalue weighted by Gasteiger charge is -2.02. The Morgan fingerprint density at radius 2 is 1.95 bits per heavy atom. The van der Waals surface area contributed by atoms with Crippen LogP contribution in [0.3, 0.4) is 0 Å². The molecule has 1 aromatic heterocycles. The average Bonchev–Trinajstić information content (AvgIpc) is 2.78. The molecule has 0 radical (unpaired) electrons. The molecule has 0 atom stereocenters. The smallest absolute Gasteiger partial charge is 0.135 e. The van der Waals surface area contributed by atoms with Crippen LogP contribution in [0.15, 0.2) is 43.7 Å². The van der Waals surface area contributed by atoms with E-state index in [-0.39, 0.29) is 12.4 Å². The molecule has 0 saturated carbocycles. The largest absolute Gasteiger partial charge is 0.460 e. The summed E-state index contributed by atoms with van der Waals surface area (Å²) in [7, 11) is 0. The van der Waals surface area contributed by atoms with Crippen molar-refractivity contribution < 1.29 is 4.42 Å². The summed E-state index contributed by atoms with van der Waals surface area (Å²) in [5.74, 6) is 1.86. The molecule has 104 valence electrons. The van der Waals surface area contributed by atoms with Crippen LogP contribution in [0.4, 0.5) is 0 Å². The summed E-state index contributed by atoms with van der Waals surface area (Å²) in [6.45, 7) is 3.94. The highest BCUT2D eigenvalue weighted by Gasteiger charge is 2.08. The predicted octanol–water partition coefficient (Wildman–Crippen LogP) is 5.39. The Bertz CT molecular complexity index is 528. The molecule has 2 rings (SSSR count). The molecule has 0 aliphatic heterocycles. The van der Waals surface area contributed by atoms with Crippen LogP contribution in [-0.4, -0.2) is 6.54 Å². The fraction of sp³-hybridized carbons (Fsp3) is 0.286. The third-order valence-corrected chi connectivity index (χ3v) is 3.73. The summed E-state index contributed by atoms with van der Waals surface area (Å²) >= 11 is 7.00. The maximum atomic E-state index is 5.83. The maximum absolute atomic E-state index is 5.83. The average molecular weight is 410 g/mol. The minimum Gasteiger partial charge on any atom is -0.460 e. The number of nitrogens with one attached hydrogen (secondary N) is 1. The summed E-state index contributed by atoms with van der Waals surface area (Å²) < 4.78 is 7.91. The van der Waals surface area contributed by atoms with Gasteiger partial charge in [0.1, 0.15) is 11.5 Å². The molecule has 0 bridgehead atoms. The Morgan fingerprint density at radius 3 is 2.63 bits per heavy atom. The third-order valence-electron chi connectivity index (χ3n) is 2.58. The summed E-state index contributed by atoms with van der Waals surface area (Å²) in [6.07, 6.45) is 1.13. The zero-order chi connectivity index (χ0) is 13.0. The van der Waals surface area contributed by atoms with E-state index in [1.807, 2.05) is 30.3 Å². The number of benzene rings is 1. The second-order valence-corrected chi connectivity index (χ2v) is 5.84. The third kappa shape index (κ3) is 4.63. The topological polar surface area (TPSA) is 25.2 Å². The van der Waals surface area contributed by atoms with Crippen molar-refractivity contribution in [3.63, 3.8) is 0 Å². The van der Waals surface area contributed by atoms with E-state index < -0.39 is 0 Å². The summed E-state index contributed by atoms with van der Waals surface area (Å²) in [5, 5.41) is 3.33. The molecule has 2 nitrogen and oxygen atoms in total. The molecule has 19 heavy (non-hydrogen) atoms. The van der Waals surface area contributed by atoms with Gasteiger partial charge in [0.15, 0.2) is 0 Å². The molecule has 1 heterocycles. The lowest BCUT2D eigenvalue weighted by atomic mass is 10.2. The standard InChI is InChI=1S/C14H15Br2NO.ClH/c1-2-7-17-9-11-4-6-14(18-11)12-5-3-10(15)8-13(12)16;/h3-6,8,17H,2,7,9H2,1H3;1H. The minimum absolute atomic E-state index is 0. The number of hydrogen-bond donors (Lipinski definition) is 1. The fourth-order valence-corrected chi connectivity index (χ4v) is 2.94. The first kappa shape index (κ1) is 16.8. The van der Waals surface area contributed by atoms with Crippen LogP contribution >= 0.6 is 44.3 Å². The second-order valence-electron chi connectivity index (χ2n) is 4.07. The summed E-state index contributed by atoms with van der Waals surface area (Å²) in [4.78, 5) is 0.